The molecule has 6 rings (SSSR count). The van der Waals surface area contributed by atoms with E-state index in [1.807, 2.05) is 35.1 Å². The third kappa shape index (κ3) is 5.50. The van der Waals surface area contributed by atoms with E-state index in [1.165, 1.54) is 22.5 Å². The zero-order chi connectivity index (χ0) is 28.7. The van der Waals surface area contributed by atoms with Crippen molar-refractivity contribution >= 4 is 22.4 Å². The summed E-state index contributed by atoms with van der Waals surface area (Å²) < 4.78 is 7.92. The number of thiazole rings is 1. The molecule has 208 valence electrons. The molecule has 2 aromatic carbocycles. The van der Waals surface area contributed by atoms with Crippen LogP contribution in [0.3, 0.4) is 0 Å². The van der Waals surface area contributed by atoms with Crippen molar-refractivity contribution in [2.75, 3.05) is 11.4 Å². The van der Waals surface area contributed by atoms with Crippen molar-refractivity contribution in [2.45, 2.75) is 52.9 Å². The second-order valence-electron chi connectivity index (χ2n) is 11.4. The van der Waals surface area contributed by atoms with Crippen LogP contribution >= 0.6 is 11.3 Å². The average Bonchev–Trinajstić information content (AvgIpc) is 3.71. The molecule has 8 nitrogen and oxygen atoms in total. The molecule has 3 aromatic heterocycles. The summed E-state index contributed by atoms with van der Waals surface area (Å²) in [7, 11) is 0. The lowest BCUT2D eigenvalue weighted by Gasteiger charge is -2.14. The number of nitrogens with zero attached hydrogens (tertiary/aromatic N) is 6. The van der Waals surface area contributed by atoms with Gasteiger partial charge < -0.3 is 4.74 Å². The third-order valence-electron chi connectivity index (χ3n) is 7.28. The second kappa shape index (κ2) is 10.6. The van der Waals surface area contributed by atoms with Gasteiger partial charge in [-0.3, -0.25) is 9.69 Å². The Balaban J connectivity index is 1.21. The fraction of sp³-hybridized carbons (Fsp3) is 0.281. The number of amides is 1. The smallest absolute Gasteiger partial charge is 0.321 e. The van der Waals surface area contributed by atoms with Crippen molar-refractivity contribution in [3.63, 3.8) is 0 Å². The first-order chi connectivity index (χ1) is 19.7. The first-order valence-electron chi connectivity index (χ1n) is 13.7. The predicted molar refractivity (Wildman–Crippen MR) is 162 cm³/mol. The first-order valence-corrected chi connectivity index (χ1v) is 14.5. The number of aryl methyl sites for hydroxylation is 2. The van der Waals surface area contributed by atoms with Crippen LogP contribution in [0.5, 0.6) is 11.8 Å². The van der Waals surface area contributed by atoms with E-state index in [-0.39, 0.29) is 17.3 Å². The van der Waals surface area contributed by atoms with Crippen LogP contribution in [-0.4, -0.2) is 37.2 Å². The molecule has 1 fully saturated rings. The number of anilines is 1. The highest BCUT2D eigenvalue weighted by atomic mass is 32.1. The molecule has 0 atom stereocenters. The maximum absolute atomic E-state index is 12.0. The number of benzene rings is 2. The number of hydrogen-bond acceptors (Lipinski definition) is 7. The van der Waals surface area contributed by atoms with Gasteiger partial charge in [-0.15, -0.1) is 0 Å². The van der Waals surface area contributed by atoms with Gasteiger partial charge in [-0.1, -0.05) is 38.2 Å². The molecule has 0 saturated carbocycles. The highest BCUT2D eigenvalue weighted by Gasteiger charge is 2.25. The zero-order valence-corrected chi connectivity index (χ0v) is 24.7. The highest BCUT2D eigenvalue weighted by Crippen LogP contribution is 2.34. The summed E-state index contributed by atoms with van der Waals surface area (Å²) >= 11 is 1.52. The molecule has 0 aliphatic carbocycles. The van der Waals surface area contributed by atoms with Crippen molar-refractivity contribution in [1.82, 2.24) is 24.7 Å². The summed E-state index contributed by atoms with van der Waals surface area (Å²) in [6.07, 6.45) is 6.85. The van der Waals surface area contributed by atoms with E-state index < -0.39 is 0 Å². The van der Waals surface area contributed by atoms with Gasteiger partial charge in [0, 0.05) is 42.5 Å². The van der Waals surface area contributed by atoms with Crippen molar-refractivity contribution in [2.24, 2.45) is 0 Å². The Morgan fingerprint density at radius 1 is 0.878 bits per heavy atom. The van der Waals surface area contributed by atoms with Gasteiger partial charge in [0.25, 0.3) is 0 Å². The van der Waals surface area contributed by atoms with Crippen LogP contribution in [0.1, 0.15) is 50.4 Å². The van der Waals surface area contributed by atoms with Gasteiger partial charge in [0.15, 0.2) is 5.13 Å². The molecular weight excluding hydrogens is 532 g/mol. The molecule has 0 N–H and O–H groups in total. The van der Waals surface area contributed by atoms with E-state index >= 15 is 0 Å². The van der Waals surface area contributed by atoms with Crippen LogP contribution < -0.4 is 9.64 Å². The number of ether oxygens (including phenoxy) is 1. The van der Waals surface area contributed by atoms with Crippen molar-refractivity contribution in [3.8, 4) is 39.1 Å². The van der Waals surface area contributed by atoms with E-state index in [2.05, 4.69) is 73.8 Å². The third-order valence-corrected chi connectivity index (χ3v) is 8.35. The summed E-state index contributed by atoms with van der Waals surface area (Å²) in [5, 5.41) is 5.71. The Hall–Kier alpha value is -4.37. The van der Waals surface area contributed by atoms with Gasteiger partial charge >= 0.3 is 6.01 Å². The number of carbonyl (C=O) groups excluding carboxylic acids is 1. The lowest BCUT2D eigenvalue weighted by molar-refractivity contribution is -0.117. The molecule has 0 unspecified atom stereocenters. The maximum atomic E-state index is 12.0. The van der Waals surface area contributed by atoms with Gasteiger partial charge in [0.2, 0.25) is 5.91 Å². The minimum Gasteiger partial charge on any atom is -0.424 e. The van der Waals surface area contributed by atoms with E-state index in [9.17, 15) is 4.79 Å². The summed E-state index contributed by atoms with van der Waals surface area (Å²) in [4.78, 5) is 28.3. The lowest BCUT2D eigenvalue weighted by atomic mass is 9.92. The second-order valence-corrected chi connectivity index (χ2v) is 12.4. The van der Waals surface area contributed by atoms with Crippen LogP contribution in [0.2, 0.25) is 0 Å². The molecule has 1 aliphatic rings. The van der Waals surface area contributed by atoms with E-state index in [0.717, 1.165) is 51.2 Å². The number of rotatable bonds is 6. The average molecular weight is 565 g/mol. The Labute approximate surface area is 243 Å². The van der Waals surface area contributed by atoms with E-state index in [0.29, 0.717) is 12.2 Å². The van der Waals surface area contributed by atoms with E-state index in [4.69, 9.17) is 9.84 Å². The maximum Gasteiger partial charge on any atom is 0.321 e. The Bertz CT molecular complexity index is 1710. The number of carbonyl (C=O) groups is 1. The fourth-order valence-corrected chi connectivity index (χ4v) is 5.64. The van der Waals surface area contributed by atoms with Gasteiger partial charge in [0.1, 0.15) is 5.75 Å². The fourth-order valence-electron chi connectivity index (χ4n) is 4.67. The minimum absolute atomic E-state index is 0.109. The SMILES string of the molecule is Cc1ccc(-n2nc(C(C)(C)C)cc2-c2cnc(Oc3ccc(-c4cnc(N5CCCC5=O)s4)cc3)nc2)cc1C. The summed E-state index contributed by atoms with van der Waals surface area (Å²) in [6.45, 7) is 11.4. The summed E-state index contributed by atoms with van der Waals surface area (Å²) in [5.41, 5.74) is 7.13. The van der Waals surface area contributed by atoms with Gasteiger partial charge in [-0.25, -0.2) is 19.6 Å². The molecule has 41 heavy (non-hydrogen) atoms. The van der Waals surface area contributed by atoms with Gasteiger partial charge in [0.05, 0.1) is 22.0 Å². The Morgan fingerprint density at radius 3 is 2.29 bits per heavy atom. The standard InChI is InChI=1S/C32H32N6O2S/c1-20-8-11-24(15-21(20)2)38-26(16-28(36-38)32(3,4)5)23-17-33-30(34-18-23)40-25-12-9-22(10-13-25)27-19-35-31(41-27)37-14-6-7-29(37)39/h8-13,15-19H,6-7,14H2,1-5H3. The molecule has 9 heteroatoms. The van der Waals surface area contributed by atoms with Crippen LogP contribution in [0.25, 0.3) is 27.4 Å². The largest absolute Gasteiger partial charge is 0.424 e. The van der Waals surface area contributed by atoms with Crippen LogP contribution in [0.4, 0.5) is 5.13 Å². The summed E-state index contributed by atoms with van der Waals surface area (Å²) in [6, 6.07) is 16.5. The first kappa shape index (κ1) is 26.8. The molecule has 1 saturated heterocycles. The zero-order valence-electron chi connectivity index (χ0n) is 23.9. The monoisotopic (exact) mass is 564 g/mol. The molecule has 0 radical (unpaired) electrons. The summed E-state index contributed by atoms with van der Waals surface area (Å²) in [5.74, 6) is 0.779. The topological polar surface area (TPSA) is 86.0 Å². The quantitative estimate of drug-likeness (QED) is 0.215. The van der Waals surface area contributed by atoms with Crippen molar-refractivity contribution in [1.29, 1.82) is 0 Å². The Kier molecular flexibility index (Phi) is 6.91. The predicted octanol–water partition coefficient (Wildman–Crippen LogP) is 7.29. The molecule has 0 bridgehead atoms. The van der Waals surface area contributed by atoms with Crippen LogP contribution in [0, 0.1) is 13.8 Å². The molecule has 4 heterocycles. The molecular formula is C32H32N6O2S. The van der Waals surface area contributed by atoms with Crippen molar-refractivity contribution in [3.05, 3.63) is 83.9 Å². The molecule has 1 aliphatic heterocycles. The minimum atomic E-state index is -0.109. The number of hydrogen-bond donors (Lipinski definition) is 0. The Morgan fingerprint density at radius 2 is 1.63 bits per heavy atom. The normalized spacial score (nSPS) is 13.7. The van der Waals surface area contributed by atoms with Crippen molar-refractivity contribution < 1.29 is 9.53 Å². The van der Waals surface area contributed by atoms with Gasteiger partial charge in [-0.05, 0) is 79.4 Å². The molecule has 1 amide bonds. The lowest BCUT2D eigenvalue weighted by Crippen LogP contribution is -2.23. The van der Waals surface area contributed by atoms with Crippen LogP contribution in [0.15, 0.2) is 67.1 Å². The van der Waals surface area contributed by atoms with Crippen LogP contribution in [-0.2, 0) is 10.2 Å². The van der Waals surface area contributed by atoms with E-state index in [1.54, 1.807) is 17.3 Å². The number of aromatic nitrogens is 5. The van der Waals surface area contributed by atoms with Gasteiger partial charge in [-0.2, -0.15) is 5.10 Å². The molecule has 0 spiro atoms. The molecule has 5 aromatic rings. The highest BCUT2D eigenvalue weighted by molar-refractivity contribution is 7.19.